The standard InChI is InChI=1S/C14H18BrN5O/c1-20(8-10-5-3-4-6-11(10)15)14-7-12(19-16)17-13(18-14)9-21-2/h3-7H,8-9,16H2,1-2H3,(H,17,18,19). The molecule has 6 nitrogen and oxygen atoms in total. The fourth-order valence-corrected chi connectivity index (χ4v) is 2.32. The number of halogens is 1. The van der Waals surface area contributed by atoms with Gasteiger partial charge in [-0.2, -0.15) is 0 Å². The summed E-state index contributed by atoms with van der Waals surface area (Å²) >= 11 is 3.55. The smallest absolute Gasteiger partial charge is 0.158 e. The zero-order chi connectivity index (χ0) is 15.2. The summed E-state index contributed by atoms with van der Waals surface area (Å²) in [6.45, 7) is 1.06. The molecule has 0 aliphatic heterocycles. The van der Waals surface area contributed by atoms with Crippen molar-refractivity contribution in [2.75, 3.05) is 24.5 Å². The van der Waals surface area contributed by atoms with Crippen molar-refractivity contribution in [3.05, 3.63) is 46.2 Å². The quantitative estimate of drug-likeness (QED) is 0.614. The predicted molar refractivity (Wildman–Crippen MR) is 86.8 cm³/mol. The molecule has 2 aromatic rings. The number of hydrazine groups is 1. The number of methoxy groups -OCH3 is 1. The van der Waals surface area contributed by atoms with Crippen LogP contribution in [0.15, 0.2) is 34.8 Å². The zero-order valence-corrected chi connectivity index (χ0v) is 13.6. The Morgan fingerprint density at radius 2 is 2.10 bits per heavy atom. The molecular formula is C14H18BrN5O. The lowest BCUT2D eigenvalue weighted by atomic mass is 10.2. The van der Waals surface area contributed by atoms with Crippen molar-refractivity contribution in [3.8, 4) is 0 Å². The number of benzene rings is 1. The van der Waals surface area contributed by atoms with Crippen molar-refractivity contribution in [2.24, 2.45) is 5.84 Å². The molecule has 0 saturated carbocycles. The molecule has 0 radical (unpaired) electrons. The number of nitrogens with two attached hydrogens (primary N) is 1. The maximum atomic E-state index is 5.45. The Morgan fingerprint density at radius 3 is 2.76 bits per heavy atom. The van der Waals surface area contributed by atoms with Gasteiger partial charge in [0.15, 0.2) is 5.82 Å². The van der Waals surface area contributed by atoms with Crippen molar-refractivity contribution in [1.29, 1.82) is 0 Å². The molecule has 1 heterocycles. The largest absolute Gasteiger partial charge is 0.377 e. The van der Waals surface area contributed by atoms with Crippen LogP contribution in [-0.2, 0) is 17.9 Å². The topological polar surface area (TPSA) is 76.3 Å². The van der Waals surface area contributed by atoms with Gasteiger partial charge in [-0.05, 0) is 11.6 Å². The number of nitrogens with one attached hydrogen (secondary N) is 1. The van der Waals surface area contributed by atoms with Gasteiger partial charge in [-0.3, -0.25) is 0 Å². The van der Waals surface area contributed by atoms with Gasteiger partial charge < -0.3 is 15.1 Å². The number of ether oxygens (including phenoxy) is 1. The highest BCUT2D eigenvalue weighted by Crippen LogP contribution is 2.21. The second-order valence-corrected chi connectivity index (χ2v) is 5.41. The summed E-state index contributed by atoms with van der Waals surface area (Å²) in [6, 6.07) is 9.89. The van der Waals surface area contributed by atoms with Crippen molar-refractivity contribution >= 4 is 27.6 Å². The molecule has 1 aromatic heterocycles. The number of nitrogens with zero attached hydrogens (tertiary/aromatic N) is 3. The van der Waals surface area contributed by atoms with E-state index in [0.717, 1.165) is 16.8 Å². The molecular weight excluding hydrogens is 334 g/mol. The molecule has 21 heavy (non-hydrogen) atoms. The van der Waals surface area contributed by atoms with Crippen LogP contribution in [0.3, 0.4) is 0 Å². The van der Waals surface area contributed by atoms with Crippen LogP contribution < -0.4 is 16.2 Å². The molecule has 3 N–H and O–H groups in total. The van der Waals surface area contributed by atoms with Crippen LogP contribution in [0.2, 0.25) is 0 Å². The second-order valence-electron chi connectivity index (χ2n) is 4.55. The summed E-state index contributed by atoms with van der Waals surface area (Å²) < 4.78 is 6.15. The predicted octanol–water partition coefficient (Wildman–Crippen LogP) is 2.31. The molecule has 1 aromatic carbocycles. The van der Waals surface area contributed by atoms with Crippen LogP contribution in [0.4, 0.5) is 11.6 Å². The van der Waals surface area contributed by atoms with Gasteiger partial charge in [-0.25, -0.2) is 15.8 Å². The fraction of sp³-hybridized carbons (Fsp3) is 0.286. The first-order chi connectivity index (χ1) is 10.1. The van der Waals surface area contributed by atoms with Gasteiger partial charge >= 0.3 is 0 Å². The van der Waals surface area contributed by atoms with Crippen molar-refractivity contribution in [3.63, 3.8) is 0 Å². The van der Waals surface area contributed by atoms with E-state index in [4.69, 9.17) is 10.6 Å². The normalized spacial score (nSPS) is 10.5. The average molecular weight is 352 g/mol. The molecule has 2 rings (SSSR count). The lowest BCUT2D eigenvalue weighted by Crippen LogP contribution is -2.20. The van der Waals surface area contributed by atoms with Crippen LogP contribution in [0.1, 0.15) is 11.4 Å². The molecule has 0 bridgehead atoms. The Bertz CT molecular complexity index is 608. The summed E-state index contributed by atoms with van der Waals surface area (Å²) in [5.41, 5.74) is 3.73. The number of aromatic nitrogens is 2. The summed E-state index contributed by atoms with van der Waals surface area (Å²) in [5, 5.41) is 0. The number of hydrogen-bond acceptors (Lipinski definition) is 6. The molecule has 0 spiro atoms. The average Bonchev–Trinajstić information content (AvgIpc) is 2.49. The minimum Gasteiger partial charge on any atom is -0.377 e. The number of anilines is 2. The number of nitrogen functional groups attached to an aromatic ring is 1. The molecule has 0 amide bonds. The SMILES string of the molecule is COCc1nc(NN)cc(N(C)Cc2ccccc2Br)n1. The van der Waals surface area contributed by atoms with E-state index >= 15 is 0 Å². The Morgan fingerprint density at radius 1 is 1.33 bits per heavy atom. The van der Waals surface area contributed by atoms with Gasteiger partial charge in [-0.1, -0.05) is 34.1 Å². The summed E-state index contributed by atoms with van der Waals surface area (Å²) in [5.74, 6) is 7.38. The monoisotopic (exact) mass is 351 g/mol. The summed E-state index contributed by atoms with van der Waals surface area (Å²) in [7, 11) is 3.58. The van der Waals surface area contributed by atoms with E-state index in [2.05, 4.69) is 37.4 Å². The van der Waals surface area contributed by atoms with Crippen LogP contribution in [0.5, 0.6) is 0 Å². The van der Waals surface area contributed by atoms with E-state index < -0.39 is 0 Å². The van der Waals surface area contributed by atoms with Gasteiger partial charge in [-0.15, -0.1) is 0 Å². The summed E-state index contributed by atoms with van der Waals surface area (Å²) in [6.07, 6.45) is 0. The van der Waals surface area contributed by atoms with Crippen LogP contribution in [0, 0.1) is 0 Å². The number of hydrogen-bond donors (Lipinski definition) is 2. The van der Waals surface area contributed by atoms with Gasteiger partial charge in [0.25, 0.3) is 0 Å². The first-order valence-corrected chi connectivity index (χ1v) is 7.21. The highest BCUT2D eigenvalue weighted by molar-refractivity contribution is 9.10. The minimum absolute atomic E-state index is 0.339. The second kappa shape index (κ2) is 7.35. The number of rotatable bonds is 6. The Labute approximate surface area is 132 Å². The third-order valence-electron chi connectivity index (χ3n) is 2.94. The highest BCUT2D eigenvalue weighted by Gasteiger charge is 2.10. The first kappa shape index (κ1) is 15.7. The van der Waals surface area contributed by atoms with E-state index in [1.54, 1.807) is 13.2 Å². The van der Waals surface area contributed by atoms with Crippen LogP contribution in [-0.4, -0.2) is 24.1 Å². The van der Waals surface area contributed by atoms with Crippen LogP contribution >= 0.6 is 15.9 Å². The van der Waals surface area contributed by atoms with Crippen molar-refractivity contribution in [1.82, 2.24) is 9.97 Å². The molecule has 0 saturated heterocycles. The molecule has 0 fully saturated rings. The maximum Gasteiger partial charge on any atom is 0.158 e. The lowest BCUT2D eigenvalue weighted by molar-refractivity contribution is 0.178. The van der Waals surface area contributed by atoms with E-state index in [-0.39, 0.29) is 0 Å². The Hall–Kier alpha value is -1.70. The molecule has 0 atom stereocenters. The highest BCUT2D eigenvalue weighted by atomic mass is 79.9. The third-order valence-corrected chi connectivity index (χ3v) is 3.71. The molecule has 112 valence electrons. The maximum absolute atomic E-state index is 5.45. The molecule has 7 heteroatoms. The van der Waals surface area contributed by atoms with Crippen molar-refractivity contribution in [2.45, 2.75) is 13.2 Å². The fourth-order valence-electron chi connectivity index (χ4n) is 1.91. The Kier molecular flexibility index (Phi) is 5.49. The first-order valence-electron chi connectivity index (χ1n) is 6.42. The van der Waals surface area contributed by atoms with Gasteiger partial charge in [0.2, 0.25) is 0 Å². The molecule has 0 unspecified atom stereocenters. The van der Waals surface area contributed by atoms with Gasteiger partial charge in [0.1, 0.15) is 18.2 Å². The third kappa shape index (κ3) is 4.13. The zero-order valence-electron chi connectivity index (χ0n) is 12.0. The van der Waals surface area contributed by atoms with Crippen molar-refractivity contribution < 1.29 is 4.74 Å². The van der Waals surface area contributed by atoms with E-state index in [0.29, 0.717) is 18.2 Å². The molecule has 0 aliphatic carbocycles. The van der Waals surface area contributed by atoms with Gasteiger partial charge in [0.05, 0.1) is 0 Å². The molecule has 0 aliphatic rings. The summed E-state index contributed by atoms with van der Waals surface area (Å²) in [4.78, 5) is 10.7. The van der Waals surface area contributed by atoms with Gasteiger partial charge in [0, 0.05) is 31.2 Å². The van der Waals surface area contributed by atoms with E-state index in [9.17, 15) is 0 Å². The minimum atomic E-state index is 0.339. The lowest BCUT2D eigenvalue weighted by Gasteiger charge is -2.20. The van der Waals surface area contributed by atoms with Crippen LogP contribution in [0.25, 0.3) is 0 Å². The van der Waals surface area contributed by atoms with E-state index in [1.165, 1.54) is 5.56 Å². The van der Waals surface area contributed by atoms with E-state index in [1.807, 2.05) is 30.1 Å². The Balaban J connectivity index is 2.23.